The van der Waals surface area contributed by atoms with Crippen molar-refractivity contribution in [3.8, 4) is 0 Å². The quantitative estimate of drug-likeness (QED) is 0.582. The summed E-state index contributed by atoms with van der Waals surface area (Å²) >= 11 is 0. The number of nitrogens with zero attached hydrogens (tertiary/aromatic N) is 1. The van der Waals surface area contributed by atoms with Crippen molar-refractivity contribution in [3.05, 3.63) is 35.9 Å². The summed E-state index contributed by atoms with van der Waals surface area (Å²) in [4.78, 5) is 12.3. The Morgan fingerprint density at radius 2 is 2.04 bits per heavy atom. The lowest BCUT2D eigenvalue weighted by Crippen LogP contribution is -2.46. The van der Waals surface area contributed by atoms with Crippen molar-refractivity contribution in [3.63, 3.8) is 0 Å². The number of piperidine rings is 1. The molecule has 0 saturated carbocycles. The average molecular weight is 397 g/mol. The van der Waals surface area contributed by atoms with Gasteiger partial charge in [-0.3, -0.25) is 4.79 Å². The number of carbonyl (C=O) groups is 1. The number of benzene rings is 1. The molecule has 152 valence electrons. The van der Waals surface area contributed by atoms with Crippen LogP contribution in [0.25, 0.3) is 0 Å². The molecule has 2 rings (SSSR count). The molecule has 1 aromatic rings. The van der Waals surface area contributed by atoms with Crippen molar-refractivity contribution in [1.29, 1.82) is 0 Å². The van der Waals surface area contributed by atoms with E-state index >= 15 is 0 Å². The van der Waals surface area contributed by atoms with Gasteiger partial charge in [0.05, 0.1) is 11.7 Å². The summed E-state index contributed by atoms with van der Waals surface area (Å²) in [7, 11) is -3.32. The molecule has 0 bridgehead atoms. The minimum absolute atomic E-state index is 0.0457. The molecular weight excluding hydrogens is 364 g/mol. The predicted octanol–water partition coefficient (Wildman–Crippen LogP) is 2.20. The summed E-state index contributed by atoms with van der Waals surface area (Å²) in [6.07, 6.45) is 3.59. The van der Waals surface area contributed by atoms with Gasteiger partial charge >= 0.3 is 0 Å². The third kappa shape index (κ3) is 7.60. The molecule has 1 amide bonds. The zero-order valence-corrected chi connectivity index (χ0v) is 17.0. The number of aryl methyl sites for hydroxylation is 1. The third-order valence-electron chi connectivity index (χ3n) is 4.83. The number of hydrogen-bond donors (Lipinski definition) is 1. The monoisotopic (exact) mass is 396 g/mol. The first-order valence-corrected chi connectivity index (χ1v) is 11.5. The van der Waals surface area contributed by atoms with Crippen molar-refractivity contribution in [2.24, 2.45) is 5.92 Å². The number of amides is 1. The van der Waals surface area contributed by atoms with Gasteiger partial charge in [-0.25, -0.2) is 12.7 Å². The van der Waals surface area contributed by atoms with E-state index in [-0.39, 0.29) is 17.6 Å². The van der Waals surface area contributed by atoms with Crippen molar-refractivity contribution < 1.29 is 17.9 Å². The van der Waals surface area contributed by atoms with E-state index in [1.807, 2.05) is 37.3 Å². The van der Waals surface area contributed by atoms with E-state index in [4.69, 9.17) is 4.74 Å². The Labute approximate surface area is 163 Å². The molecule has 0 radical (unpaired) electrons. The van der Waals surface area contributed by atoms with Gasteiger partial charge < -0.3 is 10.1 Å². The molecule has 1 aromatic carbocycles. The largest absolute Gasteiger partial charge is 0.382 e. The highest BCUT2D eigenvalue weighted by molar-refractivity contribution is 7.89. The van der Waals surface area contributed by atoms with Gasteiger partial charge in [0.15, 0.2) is 0 Å². The molecule has 0 aliphatic carbocycles. The van der Waals surface area contributed by atoms with Crippen LogP contribution in [0.1, 0.15) is 38.2 Å². The zero-order chi connectivity index (χ0) is 19.5. The van der Waals surface area contributed by atoms with Gasteiger partial charge in [0, 0.05) is 32.8 Å². The summed E-state index contributed by atoms with van der Waals surface area (Å²) in [5.41, 5.74) is 1.15. The number of ether oxygens (including phenoxy) is 1. The molecule has 1 N–H and O–H groups in total. The van der Waals surface area contributed by atoms with Crippen molar-refractivity contribution >= 4 is 15.9 Å². The summed E-state index contributed by atoms with van der Waals surface area (Å²) < 4.78 is 32.1. The fraction of sp³-hybridized carbons (Fsp3) is 0.650. The minimum Gasteiger partial charge on any atom is -0.382 e. The van der Waals surface area contributed by atoms with Crippen LogP contribution in [0, 0.1) is 5.92 Å². The molecule has 0 unspecified atom stereocenters. The average Bonchev–Trinajstić information content (AvgIpc) is 2.68. The smallest absolute Gasteiger partial charge is 0.224 e. The lowest BCUT2D eigenvalue weighted by atomic mass is 9.99. The molecule has 1 heterocycles. The number of rotatable bonds is 11. The molecule has 0 aromatic heterocycles. The second kappa shape index (κ2) is 11.4. The van der Waals surface area contributed by atoms with Crippen LogP contribution < -0.4 is 5.32 Å². The molecule has 1 aliphatic rings. The molecule has 1 atom stereocenters. The van der Waals surface area contributed by atoms with Gasteiger partial charge in [-0.15, -0.1) is 0 Å². The first-order valence-electron chi connectivity index (χ1n) is 9.90. The Balaban J connectivity index is 1.76. The van der Waals surface area contributed by atoms with Gasteiger partial charge in [-0.1, -0.05) is 30.3 Å². The van der Waals surface area contributed by atoms with Gasteiger partial charge in [0.25, 0.3) is 0 Å². The van der Waals surface area contributed by atoms with Gasteiger partial charge in [-0.05, 0) is 44.6 Å². The molecule has 1 saturated heterocycles. The lowest BCUT2D eigenvalue weighted by Gasteiger charge is -2.31. The van der Waals surface area contributed by atoms with Crippen LogP contribution >= 0.6 is 0 Å². The van der Waals surface area contributed by atoms with Crippen LogP contribution in [0.4, 0.5) is 0 Å². The standard InChI is InChI=1S/C20H32N2O4S/c1-2-26-15-8-13-21-20(23)19-12-6-14-22(17-19)27(24,25)16-7-11-18-9-4-3-5-10-18/h3-5,9-10,19H,2,6-8,11-17H2,1H3,(H,21,23)/t19-/m0/s1. The predicted molar refractivity (Wildman–Crippen MR) is 107 cm³/mol. The Morgan fingerprint density at radius 3 is 2.78 bits per heavy atom. The van der Waals surface area contributed by atoms with E-state index in [0.29, 0.717) is 39.3 Å². The molecule has 27 heavy (non-hydrogen) atoms. The minimum atomic E-state index is -3.32. The van der Waals surface area contributed by atoms with Gasteiger partial charge in [0.2, 0.25) is 15.9 Å². The second-order valence-electron chi connectivity index (χ2n) is 6.94. The summed E-state index contributed by atoms with van der Waals surface area (Å²) in [6.45, 7) is 4.62. The summed E-state index contributed by atoms with van der Waals surface area (Å²) in [5, 5.41) is 2.91. The van der Waals surface area contributed by atoms with Crippen LogP contribution in [0.2, 0.25) is 0 Å². The lowest BCUT2D eigenvalue weighted by molar-refractivity contribution is -0.126. The molecule has 0 spiro atoms. The van der Waals surface area contributed by atoms with Crippen LogP contribution in [0.3, 0.4) is 0 Å². The molecule has 1 fully saturated rings. The first-order chi connectivity index (χ1) is 13.0. The highest BCUT2D eigenvalue weighted by atomic mass is 32.2. The van der Waals surface area contributed by atoms with E-state index in [2.05, 4.69) is 5.32 Å². The Kier molecular flexibility index (Phi) is 9.24. The first kappa shape index (κ1) is 21.9. The van der Waals surface area contributed by atoms with E-state index in [9.17, 15) is 13.2 Å². The van der Waals surface area contributed by atoms with E-state index in [1.165, 1.54) is 4.31 Å². The van der Waals surface area contributed by atoms with Gasteiger partial charge in [0.1, 0.15) is 0 Å². The molecule has 7 heteroatoms. The van der Waals surface area contributed by atoms with Crippen LogP contribution in [0.15, 0.2) is 30.3 Å². The zero-order valence-electron chi connectivity index (χ0n) is 16.2. The Morgan fingerprint density at radius 1 is 1.26 bits per heavy atom. The van der Waals surface area contributed by atoms with E-state index in [0.717, 1.165) is 31.2 Å². The molecule has 1 aliphatic heterocycles. The fourth-order valence-corrected chi connectivity index (χ4v) is 4.90. The maximum atomic E-state index is 12.7. The molecular formula is C20H32N2O4S. The van der Waals surface area contributed by atoms with Crippen molar-refractivity contribution in [2.75, 3.05) is 38.6 Å². The van der Waals surface area contributed by atoms with E-state index < -0.39 is 10.0 Å². The number of nitrogens with one attached hydrogen (secondary N) is 1. The van der Waals surface area contributed by atoms with E-state index in [1.54, 1.807) is 0 Å². The molecule has 6 nitrogen and oxygen atoms in total. The topological polar surface area (TPSA) is 75.7 Å². The fourth-order valence-electron chi connectivity index (χ4n) is 3.32. The Bertz CT molecular complexity index is 664. The van der Waals surface area contributed by atoms with Crippen LogP contribution in [-0.4, -0.2) is 57.2 Å². The number of hydrogen-bond acceptors (Lipinski definition) is 4. The number of sulfonamides is 1. The highest BCUT2D eigenvalue weighted by Crippen LogP contribution is 2.20. The van der Waals surface area contributed by atoms with Crippen molar-refractivity contribution in [1.82, 2.24) is 9.62 Å². The second-order valence-corrected chi connectivity index (χ2v) is 9.03. The van der Waals surface area contributed by atoms with Crippen LogP contribution in [0.5, 0.6) is 0 Å². The Hall–Kier alpha value is -1.44. The maximum Gasteiger partial charge on any atom is 0.224 e. The summed E-state index contributed by atoms with van der Waals surface area (Å²) in [5.74, 6) is -0.171. The SMILES string of the molecule is CCOCCCNC(=O)[C@H]1CCCN(S(=O)(=O)CCCc2ccccc2)C1. The highest BCUT2D eigenvalue weighted by Gasteiger charge is 2.31. The maximum absolute atomic E-state index is 12.7. The third-order valence-corrected chi connectivity index (χ3v) is 6.75. The van der Waals surface area contributed by atoms with Crippen LogP contribution in [-0.2, 0) is 26.0 Å². The van der Waals surface area contributed by atoms with Gasteiger partial charge in [-0.2, -0.15) is 0 Å². The van der Waals surface area contributed by atoms with Crippen molar-refractivity contribution in [2.45, 2.75) is 39.0 Å². The summed E-state index contributed by atoms with van der Waals surface area (Å²) in [6, 6.07) is 9.91. The number of carbonyl (C=O) groups excluding carboxylic acids is 1. The normalized spacial score (nSPS) is 18.3.